The Morgan fingerprint density at radius 3 is 2.89 bits per heavy atom. The Morgan fingerprint density at radius 1 is 1.37 bits per heavy atom. The number of nitrogens with two attached hydrogens (primary N) is 1. The van der Waals surface area contributed by atoms with Crippen LogP contribution in [0, 0.1) is 0 Å². The summed E-state index contributed by atoms with van der Waals surface area (Å²) in [6, 6.07) is 8.76. The third-order valence-electron chi connectivity index (χ3n) is 4.00. The largest absolute Gasteiger partial charge is 0.497 e. The van der Waals surface area contributed by atoms with Gasteiger partial charge in [0.05, 0.1) is 7.11 Å². The zero-order valence-corrected chi connectivity index (χ0v) is 12.2. The minimum atomic E-state index is 0.153. The van der Waals surface area contributed by atoms with E-state index in [0.717, 1.165) is 31.8 Å². The molecule has 1 aliphatic heterocycles. The maximum Gasteiger partial charge on any atom is 0.119 e. The van der Waals surface area contributed by atoms with E-state index in [1.165, 1.54) is 5.56 Å². The van der Waals surface area contributed by atoms with E-state index in [1.54, 1.807) is 7.11 Å². The molecule has 2 atom stereocenters. The molecule has 1 aromatic rings. The zero-order valence-electron chi connectivity index (χ0n) is 12.2. The molecule has 0 aliphatic carbocycles. The molecule has 1 aliphatic rings. The van der Waals surface area contributed by atoms with Crippen LogP contribution in [0.15, 0.2) is 24.3 Å². The second-order valence-electron chi connectivity index (χ2n) is 5.53. The fourth-order valence-corrected chi connectivity index (χ4v) is 2.71. The van der Waals surface area contributed by atoms with Crippen molar-refractivity contribution in [3.8, 4) is 5.75 Å². The zero-order chi connectivity index (χ0) is 13.8. The van der Waals surface area contributed by atoms with Crippen LogP contribution in [0.3, 0.4) is 0 Å². The van der Waals surface area contributed by atoms with Crippen molar-refractivity contribution in [2.24, 2.45) is 5.73 Å². The number of rotatable bonds is 4. The predicted octanol–water partition coefficient (Wildman–Crippen LogP) is 0.811. The SMILES string of the molecule is COc1cccc(CC(N)C2CN(C)CCN2C)c1. The van der Waals surface area contributed by atoms with Crippen LogP contribution in [0.1, 0.15) is 5.56 Å². The van der Waals surface area contributed by atoms with Crippen LogP contribution in [0.25, 0.3) is 0 Å². The third-order valence-corrected chi connectivity index (χ3v) is 4.00. The summed E-state index contributed by atoms with van der Waals surface area (Å²) in [5.41, 5.74) is 7.66. The first-order chi connectivity index (χ1) is 9.10. The van der Waals surface area contributed by atoms with Gasteiger partial charge in [0.1, 0.15) is 5.75 Å². The van der Waals surface area contributed by atoms with Crippen LogP contribution in [-0.4, -0.2) is 62.7 Å². The molecule has 19 heavy (non-hydrogen) atoms. The second-order valence-corrected chi connectivity index (χ2v) is 5.53. The highest BCUT2D eigenvalue weighted by Gasteiger charge is 2.27. The van der Waals surface area contributed by atoms with Gasteiger partial charge in [-0.15, -0.1) is 0 Å². The third kappa shape index (κ3) is 3.69. The second kappa shape index (κ2) is 6.37. The standard InChI is InChI=1S/C15H25N3O/c1-17-7-8-18(2)15(11-17)14(16)10-12-5-4-6-13(9-12)19-3/h4-6,9,14-15H,7-8,10-11,16H2,1-3H3. The van der Waals surface area contributed by atoms with Crippen LogP contribution >= 0.6 is 0 Å². The summed E-state index contributed by atoms with van der Waals surface area (Å²) in [5.74, 6) is 0.902. The topological polar surface area (TPSA) is 41.7 Å². The van der Waals surface area contributed by atoms with Gasteiger partial charge in [-0.3, -0.25) is 4.90 Å². The monoisotopic (exact) mass is 263 g/mol. The summed E-state index contributed by atoms with van der Waals surface area (Å²) in [6.45, 7) is 3.26. The number of benzene rings is 1. The van der Waals surface area contributed by atoms with Gasteiger partial charge in [0.15, 0.2) is 0 Å². The molecule has 4 nitrogen and oxygen atoms in total. The van der Waals surface area contributed by atoms with Crippen molar-refractivity contribution in [2.75, 3.05) is 40.8 Å². The summed E-state index contributed by atoms with van der Waals surface area (Å²) in [7, 11) is 6.03. The molecule has 2 N–H and O–H groups in total. The van der Waals surface area contributed by atoms with E-state index in [1.807, 2.05) is 12.1 Å². The maximum atomic E-state index is 6.42. The first kappa shape index (κ1) is 14.3. The molecular weight excluding hydrogens is 238 g/mol. The Bertz CT molecular complexity index is 410. The van der Waals surface area contributed by atoms with Crippen molar-refractivity contribution >= 4 is 0 Å². The molecule has 1 heterocycles. The lowest BCUT2D eigenvalue weighted by Gasteiger charge is -2.40. The molecule has 0 amide bonds. The summed E-state index contributed by atoms with van der Waals surface area (Å²) in [4.78, 5) is 4.74. The van der Waals surface area contributed by atoms with Crippen LogP contribution in [0.2, 0.25) is 0 Å². The Balaban J connectivity index is 2.00. The normalized spacial score (nSPS) is 23.3. The van der Waals surface area contributed by atoms with Crippen LogP contribution in [0.4, 0.5) is 0 Å². The molecule has 0 saturated carbocycles. The van der Waals surface area contributed by atoms with Crippen molar-refractivity contribution in [1.82, 2.24) is 9.80 Å². The molecule has 0 radical (unpaired) electrons. The molecule has 106 valence electrons. The van der Waals surface area contributed by atoms with Gasteiger partial charge >= 0.3 is 0 Å². The Hall–Kier alpha value is -1.10. The summed E-state index contributed by atoms with van der Waals surface area (Å²) < 4.78 is 5.26. The molecule has 0 bridgehead atoms. The molecular formula is C15H25N3O. The molecule has 1 aromatic carbocycles. The van der Waals surface area contributed by atoms with E-state index in [0.29, 0.717) is 6.04 Å². The van der Waals surface area contributed by atoms with Crippen LogP contribution in [-0.2, 0) is 6.42 Å². The van der Waals surface area contributed by atoms with Gasteiger partial charge in [-0.2, -0.15) is 0 Å². The average Bonchev–Trinajstić information content (AvgIpc) is 2.41. The Labute approximate surface area is 116 Å². The average molecular weight is 263 g/mol. The van der Waals surface area contributed by atoms with Crippen molar-refractivity contribution in [1.29, 1.82) is 0 Å². The lowest BCUT2D eigenvalue weighted by Crippen LogP contribution is -2.58. The highest BCUT2D eigenvalue weighted by atomic mass is 16.5. The maximum absolute atomic E-state index is 6.42. The molecule has 2 rings (SSSR count). The van der Waals surface area contributed by atoms with E-state index in [-0.39, 0.29) is 6.04 Å². The number of methoxy groups -OCH3 is 1. The Morgan fingerprint density at radius 2 is 2.16 bits per heavy atom. The van der Waals surface area contributed by atoms with Crippen molar-refractivity contribution < 1.29 is 4.74 Å². The molecule has 2 unspecified atom stereocenters. The van der Waals surface area contributed by atoms with Crippen molar-refractivity contribution in [3.63, 3.8) is 0 Å². The predicted molar refractivity (Wildman–Crippen MR) is 78.6 cm³/mol. The highest BCUT2D eigenvalue weighted by molar-refractivity contribution is 5.29. The molecule has 0 aromatic heterocycles. The minimum Gasteiger partial charge on any atom is -0.497 e. The minimum absolute atomic E-state index is 0.153. The van der Waals surface area contributed by atoms with Gasteiger partial charge in [-0.25, -0.2) is 0 Å². The van der Waals surface area contributed by atoms with Crippen molar-refractivity contribution in [2.45, 2.75) is 18.5 Å². The number of piperazine rings is 1. The van der Waals surface area contributed by atoms with E-state index in [2.05, 4.69) is 36.0 Å². The quantitative estimate of drug-likeness (QED) is 0.873. The molecule has 4 heteroatoms. The molecule has 1 fully saturated rings. The number of hydrogen-bond donors (Lipinski definition) is 1. The number of nitrogens with zero attached hydrogens (tertiary/aromatic N) is 2. The van der Waals surface area contributed by atoms with Gasteiger partial charge in [0.25, 0.3) is 0 Å². The number of likely N-dealkylation sites (N-methyl/N-ethyl adjacent to an activating group) is 2. The number of ether oxygens (including phenoxy) is 1. The summed E-state index contributed by atoms with van der Waals surface area (Å²) in [6.07, 6.45) is 0.889. The van der Waals surface area contributed by atoms with E-state index in [9.17, 15) is 0 Å². The first-order valence-electron chi connectivity index (χ1n) is 6.87. The lowest BCUT2D eigenvalue weighted by atomic mass is 9.97. The van der Waals surface area contributed by atoms with Gasteiger partial charge in [0, 0.05) is 31.7 Å². The van der Waals surface area contributed by atoms with Crippen LogP contribution in [0.5, 0.6) is 5.75 Å². The van der Waals surface area contributed by atoms with Gasteiger partial charge < -0.3 is 15.4 Å². The van der Waals surface area contributed by atoms with E-state index >= 15 is 0 Å². The summed E-state index contributed by atoms with van der Waals surface area (Å²) in [5, 5.41) is 0. The van der Waals surface area contributed by atoms with Crippen LogP contribution < -0.4 is 10.5 Å². The van der Waals surface area contributed by atoms with Gasteiger partial charge in [0.2, 0.25) is 0 Å². The fraction of sp³-hybridized carbons (Fsp3) is 0.600. The highest BCUT2D eigenvalue weighted by Crippen LogP contribution is 2.17. The van der Waals surface area contributed by atoms with Gasteiger partial charge in [-0.05, 0) is 38.2 Å². The molecule has 0 spiro atoms. The van der Waals surface area contributed by atoms with Gasteiger partial charge in [-0.1, -0.05) is 12.1 Å². The lowest BCUT2D eigenvalue weighted by molar-refractivity contribution is 0.0973. The smallest absolute Gasteiger partial charge is 0.119 e. The fourth-order valence-electron chi connectivity index (χ4n) is 2.71. The van der Waals surface area contributed by atoms with Crippen molar-refractivity contribution in [3.05, 3.63) is 29.8 Å². The number of hydrogen-bond acceptors (Lipinski definition) is 4. The first-order valence-corrected chi connectivity index (χ1v) is 6.87. The Kier molecular flexibility index (Phi) is 4.80. The van der Waals surface area contributed by atoms with E-state index < -0.39 is 0 Å². The van der Waals surface area contributed by atoms with E-state index in [4.69, 9.17) is 10.5 Å². The molecule has 1 saturated heterocycles. The summed E-state index contributed by atoms with van der Waals surface area (Å²) >= 11 is 0.